The summed E-state index contributed by atoms with van der Waals surface area (Å²) in [6.45, 7) is 1.88. The van der Waals surface area contributed by atoms with E-state index in [9.17, 15) is 9.18 Å². The van der Waals surface area contributed by atoms with Crippen molar-refractivity contribution in [3.63, 3.8) is 0 Å². The molecule has 2 rings (SSSR count). The number of hydrogen-bond acceptors (Lipinski definition) is 2. The first-order valence-corrected chi connectivity index (χ1v) is 6.86. The number of nitrogens with zero attached hydrogens (tertiary/aromatic N) is 1. The quantitative estimate of drug-likeness (QED) is 0.925. The van der Waals surface area contributed by atoms with E-state index in [1.54, 1.807) is 24.1 Å². The molecule has 1 saturated heterocycles. The molecule has 3 nitrogen and oxygen atoms in total. The van der Waals surface area contributed by atoms with Gasteiger partial charge in [-0.3, -0.25) is 4.79 Å². The van der Waals surface area contributed by atoms with E-state index in [-0.39, 0.29) is 24.2 Å². The zero-order chi connectivity index (χ0) is 13.8. The van der Waals surface area contributed by atoms with E-state index in [0.29, 0.717) is 17.1 Å². The number of amides is 1. The molecule has 0 aromatic heterocycles. The van der Waals surface area contributed by atoms with Crippen molar-refractivity contribution in [2.75, 3.05) is 20.1 Å². The van der Waals surface area contributed by atoms with Crippen LogP contribution in [0.4, 0.5) is 4.39 Å². The summed E-state index contributed by atoms with van der Waals surface area (Å²) in [5.41, 5.74) is 0.379. The van der Waals surface area contributed by atoms with Gasteiger partial charge in [-0.2, -0.15) is 0 Å². The van der Waals surface area contributed by atoms with Crippen molar-refractivity contribution in [1.82, 2.24) is 10.2 Å². The fourth-order valence-electron chi connectivity index (χ4n) is 2.37. The topological polar surface area (TPSA) is 32.3 Å². The number of rotatable bonds is 3. The van der Waals surface area contributed by atoms with Gasteiger partial charge in [0.2, 0.25) is 5.91 Å². The molecule has 0 spiro atoms. The van der Waals surface area contributed by atoms with Crippen LogP contribution in [0, 0.1) is 11.7 Å². The van der Waals surface area contributed by atoms with Crippen LogP contribution >= 0.6 is 11.6 Å². The molecule has 1 fully saturated rings. The Bertz CT molecular complexity index is 441. The summed E-state index contributed by atoms with van der Waals surface area (Å²) in [6.07, 6.45) is 1.89. The minimum atomic E-state index is -0.367. The molecule has 1 atom stereocenters. The van der Waals surface area contributed by atoms with E-state index in [0.717, 1.165) is 19.4 Å². The van der Waals surface area contributed by atoms with Crippen LogP contribution in [0.2, 0.25) is 5.02 Å². The lowest BCUT2D eigenvalue weighted by Crippen LogP contribution is -2.41. The normalized spacial score (nSPS) is 19.2. The van der Waals surface area contributed by atoms with Crippen LogP contribution in [0.15, 0.2) is 18.2 Å². The summed E-state index contributed by atoms with van der Waals surface area (Å²) in [5, 5.41) is 3.57. The SMILES string of the molecule is CN(Cc1c(F)cccc1Cl)C(=O)[C@@H]1CCCNC1. The van der Waals surface area contributed by atoms with E-state index >= 15 is 0 Å². The number of nitrogens with one attached hydrogen (secondary N) is 1. The van der Waals surface area contributed by atoms with Crippen LogP contribution in [-0.4, -0.2) is 30.9 Å². The minimum absolute atomic E-state index is 0.00991. The molecule has 1 aromatic rings. The largest absolute Gasteiger partial charge is 0.341 e. The summed E-state index contributed by atoms with van der Waals surface area (Å²) in [6, 6.07) is 4.57. The molecule has 0 radical (unpaired) electrons. The summed E-state index contributed by atoms with van der Waals surface area (Å²) in [4.78, 5) is 13.8. The predicted octanol–water partition coefficient (Wildman–Crippen LogP) is 2.44. The number of halogens is 2. The number of benzene rings is 1. The molecule has 1 heterocycles. The smallest absolute Gasteiger partial charge is 0.227 e. The maximum absolute atomic E-state index is 13.7. The molecular weight excluding hydrogens is 267 g/mol. The van der Waals surface area contributed by atoms with E-state index in [1.807, 2.05) is 0 Å². The van der Waals surface area contributed by atoms with Gasteiger partial charge in [-0.25, -0.2) is 4.39 Å². The van der Waals surface area contributed by atoms with E-state index in [1.165, 1.54) is 6.07 Å². The first-order chi connectivity index (χ1) is 9.09. The lowest BCUT2D eigenvalue weighted by Gasteiger charge is -2.27. The van der Waals surface area contributed by atoms with E-state index in [4.69, 9.17) is 11.6 Å². The van der Waals surface area contributed by atoms with Crippen molar-refractivity contribution in [3.8, 4) is 0 Å². The third-order valence-electron chi connectivity index (χ3n) is 3.48. The minimum Gasteiger partial charge on any atom is -0.341 e. The Labute approximate surface area is 117 Å². The zero-order valence-corrected chi connectivity index (χ0v) is 11.7. The van der Waals surface area contributed by atoms with Gasteiger partial charge in [0.05, 0.1) is 5.92 Å². The van der Waals surface area contributed by atoms with E-state index in [2.05, 4.69) is 5.32 Å². The van der Waals surface area contributed by atoms with Gasteiger partial charge in [0, 0.05) is 30.7 Å². The molecule has 19 heavy (non-hydrogen) atoms. The first kappa shape index (κ1) is 14.3. The molecule has 0 bridgehead atoms. The maximum Gasteiger partial charge on any atom is 0.227 e. The first-order valence-electron chi connectivity index (χ1n) is 6.48. The second-order valence-corrected chi connectivity index (χ2v) is 5.34. The molecular formula is C14H18ClFN2O. The summed E-state index contributed by atoms with van der Waals surface area (Å²) in [5.74, 6) is -0.329. The third kappa shape index (κ3) is 3.45. The average Bonchev–Trinajstić information content (AvgIpc) is 2.43. The second-order valence-electron chi connectivity index (χ2n) is 4.94. The summed E-state index contributed by atoms with van der Waals surface area (Å²) in [7, 11) is 1.69. The predicted molar refractivity (Wildman–Crippen MR) is 73.5 cm³/mol. The zero-order valence-electron chi connectivity index (χ0n) is 11.0. The van der Waals surface area contributed by atoms with Gasteiger partial charge >= 0.3 is 0 Å². The second kappa shape index (κ2) is 6.35. The Hall–Kier alpha value is -1.13. The molecule has 1 aliphatic heterocycles. The van der Waals surface area contributed by atoms with E-state index < -0.39 is 0 Å². The van der Waals surface area contributed by atoms with Gasteiger partial charge in [-0.15, -0.1) is 0 Å². The highest BCUT2D eigenvalue weighted by Crippen LogP contribution is 2.21. The number of carbonyl (C=O) groups is 1. The van der Waals surface area contributed by atoms with Gasteiger partial charge < -0.3 is 10.2 Å². The average molecular weight is 285 g/mol. The number of hydrogen-bond donors (Lipinski definition) is 1. The number of piperidine rings is 1. The van der Waals surface area contributed by atoms with Crippen LogP contribution < -0.4 is 5.32 Å². The van der Waals surface area contributed by atoms with Crippen molar-refractivity contribution in [1.29, 1.82) is 0 Å². The Morgan fingerprint density at radius 3 is 3.00 bits per heavy atom. The van der Waals surface area contributed by atoms with Gasteiger partial charge in [-0.1, -0.05) is 17.7 Å². The molecule has 104 valence electrons. The van der Waals surface area contributed by atoms with Crippen LogP contribution in [-0.2, 0) is 11.3 Å². The van der Waals surface area contributed by atoms with Crippen molar-refractivity contribution in [2.45, 2.75) is 19.4 Å². The van der Waals surface area contributed by atoms with Crippen molar-refractivity contribution >= 4 is 17.5 Å². The standard InChI is InChI=1S/C14H18ClFN2O/c1-18(14(19)10-4-3-7-17-8-10)9-11-12(15)5-2-6-13(11)16/h2,5-6,10,17H,3-4,7-9H2,1H3/t10-/m1/s1. The summed E-state index contributed by atoms with van der Waals surface area (Å²) < 4.78 is 13.7. The fraction of sp³-hybridized carbons (Fsp3) is 0.500. The van der Waals surface area contributed by atoms with Crippen molar-refractivity contribution in [2.24, 2.45) is 5.92 Å². The van der Waals surface area contributed by atoms with Crippen molar-refractivity contribution < 1.29 is 9.18 Å². The highest BCUT2D eigenvalue weighted by Gasteiger charge is 2.24. The molecule has 1 N–H and O–H groups in total. The molecule has 1 aliphatic rings. The highest BCUT2D eigenvalue weighted by atomic mass is 35.5. The number of carbonyl (C=O) groups excluding carboxylic acids is 1. The Morgan fingerprint density at radius 2 is 2.37 bits per heavy atom. The van der Waals surface area contributed by atoms with Gasteiger partial charge in [0.1, 0.15) is 5.82 Å². The van der Waals surface area contributed by atoms with Gasteiger partial charge in [0.25, 0.3) is 0 Å². The van der Waals surface area contributed by atoms with Crippen LogP contribution in [0.3, 0.4) is 0 Å². The monoisotopic (exact) mass is 284 g/mol. The maximum atomic E-state index is 13.7. The lowest BCUT2D eigenvalue weighted by molar-refractivity contribution is -0.135. The fourth-order valence-corrected chi connectivity index (χ4v) is 2.60. The van der Waals surface area contributed by atoms with Gasteiger partial charge in [-0.05, 0) is 31.5 Å². The highest BCUT2D eigenvalue weighted by molar-refractivity contribution is 6.31. The van der Waals surface area contributed by atoms with Crippen molar-refractivity contribution in [3.05, 3.63) is 34.6 Å². The lowest BCUT2D eigenvalue weighted by atomic mass is 9.98. The molecule has 0 unspecified atom stereocenters. The summed E-state index contributed by atoms with van der Waals surface area (Å²) >= 11 is 5.97. The molecule has 1 aromatic carbocycles. The Morgan fingerprint density at radius 1 is 1.58 bits per heavy atom. The molecule has 5 heteroatoms. The van der Waals surface area contributed by atoms with Crippen LogP contribution in [0.1, 0.15) is 18.4 Å². The Balaban J connectivity index is 2.03. The Kier molecular flexibility index (Phi) is 4.77. The molecule has 0 saturated carbocycles. The van der Waals surface area contributed by atoms with Crippen LogP contribution in [0.25, 0.3) is 0 Å². The molecule has 1 amide bonds. The van der Waals surface area contributed by atoms with Crippen LogP contribution in [0.5, 0.6) is 0 Å². The third-order valence-corrected chi connectivity index (χ3v) is 3.83. The van der Waals surface area contributed by atoms with Gasteiger partial charge in [0.15, 0.2) is 0 Å². The molecule has 0 aliphatic carbocycles.